The van der Waals surface area contributed by atoms with Crippen molar-refractivity contribution >= 4 is 0 Å². The maximum atomic E-state index is 5.97. The van der Waals surface area contributed by atoms with Crippen molar-refractivity contribution in [1.29, 1.82) is 0 Å². The van der Waals surface area contributed by atoms with E-state index in [2.05, 4.69) is 25.1 Å². The van der Waals surface area contributed by atoms with E-state index in [1.54, 1.807) is 14.2 Å². The molecule has 1 heterocycles. The van der Waals surface area contributed by atoms with E-state index in [0.717, 1.165) is 34.8 Å². The lowest BCUT2D eigenvalue weighted by Crippen LogP contribution is -2.05. The minimum absolute atomic E-state index is 0.225. The summed E-state index contributed by atoms with van der Waals surface area (Å²) in [6.45, 7) is 2.09. The number of hydrogen-bond acceptors (Lipinski definition) is 3. The number of hydrogen-bond donors (Lipinski definition) is 0. The Morgan fingerprint density at radius 2 is 1.75 bits per heavy atom. The van der Waals surface area contributed by atoms with Crippen LogP contribution in [-0.4, -0.2) is 20.3 Å². The van der Waals surface area contributed by atoms with Crippen molar-refractivity contribution in [1.82, 2.24) is 0 Å². The van der Waals surface area contributed by atoms with Crippen molar-refractivity contribution in [3.8, 4) is 28.4 Å². The average Bonchev–Trinajstić information content (AvgIpc) is 2.86. The summed E-state index contributed by atoms with van der Waals surface area (Å²) in [4.78, 5) is 0. The second-order valence-electron chi connectivity index (χ2n) is 4.97. The van der Waals surface area contributed by atoms with E-state index in [4.69, 9.17) is 14.2 Å². The lowest BCUT2D eigenvalue weighted by atomic mass is 9.99. The van der Waals surface area contributed by atoms with Gasteiger partial charge in [0.15, 0.2) is 11.5 Å². The molecule has 0 N–H and O–H groups in total. The van der Waals surface area contributed by atoms with Crippen molar-refractivity contribution in [3.63, 3.8) is 0 Å². The lowest BCUT2D eigenvalue weighted by molar-refractivity contribution is 0.255. The zero-order valence-electron chi connectivity index (χ0n) is 12.0. The van der Waals surface area contributed by atoms with Gasteiger partial charge in [0.2, 0.25) is 0 Å². The smallest absolute Gasteiger partial charge is 0.168 e. The quantitative estimate of drug-likeness (QED) is 0.851. The standard InChI is InChI=1S/C17H18O3/c1-11-10-12-6-4-7-13(16(12)20-11)14-8-5-9-15(18-2)17(14)19-3/h4-9,11H,10H2,1-3H3. The van der Waals surface area contributed by atoms with Crippen LogP contribution < -0.4 is 14.2 Å². The molecule has 3 nitrogen and oxygen atoms in total. The molecule has 1 aliphatic heterocycles. The van der Waals surface area contributed by atoms with Crippen LogP contribution in [0.4, 0.5) is 0 Å². The van der Waals surface area contributed by atoms with Gasteiger partial charge in [-0.15, -0.1) is 0 Å². The maximum Gasteiger partial charge on any atom is 0.168 e. The molecular weight excluding hydrogens is 252 g/mol. The molecular formula is C17H18O3. The van der Waals surface area contributed by atoms with Crippen LogP contribution in [0, 0.1) is 0 Å². The maximum absolute atomic E-state index is 5.97. The summed E-state index contributed by atoms with van der Waals surface area (Å²) in [5, 5.41) is 0. The van der Waals surface area contributed by atoms with Gasteiger partial charge in [0.25, 0.3) is 0 Å². The van der Waals surface area contributed by atoms with Gasteiger partial charge in [0.1, 0.15) is 11.9 Å². The minimum atomic E-state index is 0.225. The Kier molecular flexibility index (Phi) is 3.26. The lowest BCUT2D eigenvalue weighted by Gasteiger charge is -2.15. The van der Waals surface area contributed by atoms with Crippen molar-refractivity contribution in [2.24, 2.45) is 0 Å². The summed E-state index contributed by atoms with van der Waals surface area (Å²) in [6.07, 6.45) is 1.18. The van der Waals surface area contributed by atoms with E-state index in [1.165, 1.54) is 5.56 Å². The molecule has 0 radical (unpaired) electrons. The molecule has 0 bridgehead atoms. The normalized spacial score (nSPS) is 16.4. The molecule has 2 aromatic rings. The topological polar surface area (TPSA) is 27.7 Å². The Morgan fingerprint density at radius 1 is 1.00 bits per heavy atom. The van der Waals surface area contributed by atoms with Gasteiger partial charge in [-0.3, -0.25) is 0 Å². The molecule has 0 aromatic heterocycles. The molecule has 0 saturated heterocycles. The monoisotopic (exact) mass is 270 g/mol. The predicted molar refractivity (Wildman–Crippen MR) is 78.8 cm³/mol. The highest BCUT2D eigenvalue weighted by Gasteiger charge is 2.24. The van der Waals surface area contributed by atoms with Crippen molar-refractivity contribution in [2.75, 3.05) is 14.2 Å². The molecule has 104 valence electrons. The Bertz CT molecular complexity index is 634. The summed E-state index contributed by atoms with van der Waals surface area (Å²) < 4.78 is 16.9. The highest BCUT2D eigenvalue weighted by atomic mass is 16.5. The van der Waals surface area contributed by atoms with Crippen molar-refractivity contribution < 1.29 is 14.2 Å². The molecule has 0 saturated carbocycles. The van der Waals surface area contributed by atoms with Gasteiger partial charge in [-0.25, -0.2) is 0 Å². The van der Waals surface area contributed by atoms with Crippen LogP contribution in [0.1, 0.15) is 12.5 Å². The van der Waals surface area contributed by atoms with E-state index < -0.39 is 0 Å². The largest absolute Gasteiger partial charge is 0.493 e. The summed E-state index contributed by atoms with van der Waals surface area (Å²) in [5.74, 6) is 2.44. The van der Waals surface area contributed by atoms with Gasteiger partial charge in [0.05, 0.1) is 14.2 Å². The Morgan fingerprint density at radius 3 is 2.50 bits per heavy atom. The van der Waals surface area contributed by atoms with Gasteiger partial charge in [0, 0.05) is 17.5 Å². The van der Waals surface area contributed by atoms with Crippen LogP contribution in [0.5, 0.6) is 17.2 Å². The number of ether oxygens (including phenoxy) is 3. The predicted octanol–water partition coefficient (Wildman–Crippen LogP) is 3.69. The first-order valence-corrected chi connectivity index (χ1v) is 6.74. The summed E-state index contributed by atoms with van der Waals surface area (Å²) in [6, 6.07) is 12.1. The second kappa shape index (κ2) is 5.08. The van der Waals surface area contributed by atoms with E-state index >= 15 is 0 Å². The van der Waals surface area contributed by atoms with Crippen molar-refractivity contribution in [3.05, 3.63) is 42.0 Å². The Hall–Kier alpha value is -2.16. The number of rotatable bonds is 3. The van der Waals surface area contributed by atoms with Gasteiger partial charge < -0.3 is 14.2 Å². The zero-order chi connectivity index (χ0) is 14.1. The third-order valence-corrected chi connectivity index (χ3v) is 3.62. The van der Waals surface area contributed by atoms with Crippen LogP contribution >= 0.6 is 0 Å². The van der Waals surface area contributed by atoms with Crippen LogP contribution in [0.3, 0.4) is 0 Å². The summed E-state index contributed by atoms with van der Waals surface area (Å²) >= 11 is 0. The SMILES string of the molecule is COc1cccc(-c2cccc3c2OC(C)C3)c1OC. The minimum Gasteiger partial charge on any atom is -0.493 e. The number of fused-ring (bicyclic) bond motifs is 1. The van der Waals surface area contributed by atoms with Gasteiger partial charge in [-0.2, -0.15) is 0 Å². The van der Waals surface area contributed by atoms with E-state index in [0.29, 0.717) is 0 Å². The molecule has 1 aliphatic rings. The van der Waals surface area contributed by atoms with Crippen molar-refractivity contribution in [2.45, 2.75) is 19.4 Å². The van der Waals surface area contributed by atoms with Crippen LogP contribution in [0.15, 0.2) is 36.4 Å². The molecule has 3 heteroatoms. The summed E-state index contributed by atoms with van der Waals surface area (Å²) in [5.41, 5.74) is 3.31. The average molecular weight is 270 g/mol. The molecule has 0 aliphatic carbocycles. The first-order valence-electron chi connectivity index (χ1n) is 6.74. The molecule has 20 heavy (non-hydrogen) atoms. The number of methoxy groups -OCH3 is 2. The highest BCUT2D eigenvalue weighted by Crippen LogP contribution is 2.44. The zero-order valence-corrected chi connectivity index (χ0v) is 12.0. The van der Waals surface area contributed by atoms with E-state index in [1.807, 2.05) is 18.2 Å². The highest BCUT2D eigenvalue weighted by molar-refractivity contribution is 5.79. The Balaban J connectivity index is 2.18. The second-order valence-corrected chi connectivity index (χ2v) is 4.97. The third kappa shape index (κ3) is 1.99. The molecule has 0 amide bonds. The first-order chi connectivity index (χ1) is 9.74. The molecule has 1 unspecified atom stereocenters. The van der Waals surface area contributed by atoms with Gasteiger partial charge >= 0.3 is 0 Å². The molecule has 1 atom stereocenters. The van der Waals surface area contributed by atoms with Gasteiger partial charge in [-0.1, -0.05) is 30.3 Å². The summed E-state index contributed by atoms with van der Waals surface area (Å²) in [7, 11) is 3.31. The number of para-hydroxylation sites is 2. The molecule has 0 spiro atoms. The Labute approximate surface area is 119 Å². The van der Waals surface area contributed by atoms with E-state index in [9.17, 15) is 0 Å². The van der Waals surface area contributed by atoms with Crippen LogP contribution in [-0.2, 0) is 6.42 Å². The van der Waals surface area contributed by atoms with Crippen LogP contribution in [0.25, 0.3) is 11.1 Å². The fourth-order valence-corrected chi connectivity index (χ4v) is 2.75. The third-order valence-electron chi connectivity index (χ3n) is 3.62. The van der Waals surface area contributed by atoms with Crippen LogP contribution in [0.2, 0.25) is 0 Å². The molecule has 3 rings (SSSR count). The fraction of sp³-hybridized carbons (Fsp3) is 0.294. The number of benzene rings is 2. The molecule has 0 fully saturated rings. The van der Waals surface area contributed by atoms with E-state index in [-0.39, 0.29) is 6.10 Å². The molecule has 2 aromatic carbocycles. The first kappa shape index (κ1) is 12.9. The van der Waals surface area contributed by atoms with Gasteiger partial charge in [-0.05, 0) is 18.6 Å². The fourth-order valence-electron chi connectivity index (χ4n) is 2.75.